The first-order valence-corrected chi connectivity index (χ1v) is 6.29. The van der Waals surface area contributed by atoms with Crippen LogP contribution in [0.25, 0.3) is 0 Å². The Morgan fingerprint density at radius 2 is 1.94 bits per heavy atom. The average molecular weight is 267 g/mol. The Balaban J connectivity index is 2.78. The predicted molar refractivity (Wildman–Crippen MR) is 77.4 cm³/mol. The summed E-state index contributed by atoms with van der Waals surface area (Å²) in [6.45, 7) is 5.71. The van der Waals surface area contributed by atoms with Crippen LogP contribution in [0.2, 0.25) is 5.02 Å². The lowest BCUT2D eigenvalue weighted by molar-refractivity contribution is 0.287. The SMILES string of the molecule is C/C=C\C(=N/C(C)N)C(C)Oc1ccc(Cl)cc1. The molecule has 0 aromatic heterocycles. The molecule has 98 valence electrons. The normalized spacial score (nSPS) is 15.7. The van der Waals surface area contributed by atoms with E-state index in [4.69, 9.17) is 22.1 Å². The molecule has 18 heavy (non-hydrogen) atoms. The van der Waals surface area contributed by atoms with Gasteiger partial charge in [-0.2, -0.15) is 0 Å². The molecule has 0 bridgehead atoms. The zero-order chi connectivity index (χ0) is 13.5. The first-order chi connectivity index (χ1) is 8.52. The van der Waals surface area contributed by atoms with Gasteiger partial charge in [-0.15, -0.1) is 0 Å². The highest BCUT2D eigenvalue weighted by Gasteiger charge is 2.10. The first-order valence-electron chi connectivity index (χ1n) is 5.91. The van der Waals surface area contributed by atoms with E-state index in [0.29, 0.717) is 5.02 Å². The van der Waals surface area contributed by atoms with E-state index >= 15 is 0 Å². The van der Waals surface area contributed by atoms with Gasteiger partial charge in [-0.3, -0.25) is 4.99 Å². The van der Waals surface area contributed by atoms with Crippen LogP contribution in [-0.4, -0.2) is 18.0 Å². The fraction of sp³-hybridized carbons (Fsp3) is 0.357. The number of aliphatic imine (C=N–C) groups is 1. The molecule has 0 aliphatic heterocycles. The molecule has 0 aliphatic rings. The van der Waals surface area contributed by atoms with E-state index in [1.165, 1.54) is 0 Å². The molecule has 2 atom stereocenters. The first kappa shape index (κ1) is 14.7. The number of benzene rings is 1. The van der Waals surface area contributed by atoms with Gasteiger partial charge in [0.1, 0.15) is 11.9 Å². The second-order valence-electron chi connectivity index (χ2n) is 4.01. The number of ether oxygens (including phenoxy) is 1. The smallest absolute Gasteiger partial charge is 0.137 e. The fourth-order valence-electron chi connectivity index (χ4n) is 1.47. The molecule has 0 aliphatic carbocycles. The van der Waals surface area contributed by atoms with Gasteiger partial charge < -0.3 is 10.5 Å². The Hall–Kier alpha value is -1.32. The predicted octanol–water partition coefficient (Wildman–Crippen LogP) is 3.43. The Morgan fingerprint density at radius 3 is 2.44 bits per heavy atom. The number of halogens is 1. The lowest BCUT2D eigenvalue weighted by Gasteiger charge is -2.16. The molecule has 2 N–H and O–H groups in total. The van der Waals surface area contributed by atoms with Gasteiger partial charge in [-0.1, -0.05) is 17.7 Å². The highest BCUT2D eigenvalue weighted by molar-refractivity contribution is 6.30. The summed E-state index contributed by atoms with van der Waals surface area (Å²) in [6, 6.07) is 7.25. The van der Waals surface area contributed by atoms with Gasteiger partial charge >= 0.3 is 0 Å². The van der Waals surface area contributed by atoms with Crippen molar-refractivity contribution < 1.29 is 4.74 Å². The monoisotopic (exact) mass is 266 g/mol. The summed E-state index contributed by atoms with van der Waals surface area (Å²) >= 11 is 5.82. The van der Waals surface area contributed by atoms with Crippen LogP contribution in [-0.2, 0) is 0 Å². The summed E-state index contributed by atoms with van der Waals surface area (Å²) in [5.41, 5.74) is 6.50. The molecule has 0 spiro atoms. The molecule has 1 aromatic carbocycles. The maximum Gasteiger partial charge on any atom is 0.137 e. The summed E-state index contributed by atoms with van der Waals surface area (Å²) in [4.78, 5) is 4.34. The third-order valence-corrected chi connectivity index (χ3v) is 2.49. The van der Waals surface area contributed by atoms with E-state index in [0.717, 1.165) is 11.5 Å². The van der Waals surface area contributed by atoms with Crippen LogP contribution >= 0.6 is 11.6 Å². The highest BCUT2D eigenvalue weighted by atomic mass is 35.5. The number of allylic oxidation sites excluding steroid dienone is 1. The van der Waals surface area contributed by atoms with Crippen molar-refractivity contribution in [3.63, 3.8) is 0 Å². The minimum atomic E-state index is -0.243. The highest BCUT2D eigenvalue weighted by Crippen LogP contribution is 2.17. The molecule has 0 amide bonds. The number of nitrogens with zero attached hydrogens (tertiary/aromatic N) is 1. The lowest BCUT2D eigenvalue weighted by atomic mass is 10.2. The van der Waals surface area contributed by atoms with Crippen LogP contribution in [0.1, 0.15) is 20.8 Å². The van der Waals surface area contributed by atoms with E-state index in [-0.39, 0.29) is 12.3 Å². The molecule has 4 heteroatoms. The third-order valence-electron chi connectivity index (χ3n) is 2.23. The van der Waals surface area contributed by atoms with Gasteiger partial charge in [0, 0.05) is 5.02 Å². The molecule has 1 aromatic rings. The van der Waals surface area contributed by atoms with Crippen molar-refractivity contribution in [2.24, 2.45) is 10.7 Å². The Kier molecular flexibility index (Phi) is 5.89. The van der Waals surface area contributed by atoms with E-state index in [1.54, 1.807) is 12.1 Å². The maximum absolute atomic E-state index is 5.82. The Morgan fingerprint density at radius 1 is 1.33 bits per heavy atom. The van der Waals surface area contributed by atoms with Gasteiger partial charge in [-0.05, 0) is 51.1 Å². The van der Waals surface area contributed by atoms with E-state index in [1.807, 2.05) is 45.1 Å². The van der Waals surface area contributed by atoms with E-state index < -0.39 is 0 Å². The topological polar surface area (TPSA) is 47.6 Å². The van der Waals surface area contributed by atoms with Crippen molar-refractivity contribution in [2.75, 3.05) is 0 Å². The average Bonchev–Trinajstić information content (AvgIpc) is 2.31. The van der Waals surface area contributed by atoms with Gasteiger partial charge in [0.05, 0.1) is 11.9 Å². The van der Waals surface area contributed by atoms with Gasteiger partial charge in [-0.25, -0.2) is 0 Å². The largest absolute Gasteiger partial charge is 0.484 e. The van der Waals surface area contributed by atoms with Crippen molar-refractivity contribution in [1.82, 2.24) is 0 Å². The minimum Gasteiger partial charge on any atom is -0.484 e. The summed E-state index contributed by atoms with van der Waals surface area (Å²) in [6.07, 6.45) is 3.42. The van der Waals surface area contributed by atoms with Gasteiger partial charge in [0.2, 0.25) is 0 Å². The van der Waals surface area contributed by atoms with E-state index in [9.17, 15) is 0 Å². The molecule has 1 rings (SSSR count). The second-order valence-corrected chi connectivity index (χ2v) is 4.45. The Bertz CT molecular complexity index is 424. The molecule has 0 fully saturated rings. The molecule has 0 saturated heterocycles. The van der Waals surface area contributed by atoms with Crippen LogP contribution in [0, 0.1) is 0 Å². The van der Waals surface area contributed by atoms with Crippen LogP contribution in [0.3, 0.4) is 0 Å². The number of hydrogen-bond donors (Lipinski definition) is 1. The van der Waals surface area contributed by atoms with Crippen LogP contribution in [0.5, 0.6) is 5.75 Å². The third kappa shape index (κ3) is 4.90. The lowest BCUT2D eigenvalue weighted by Crippen LogP contribution is -2.25. The van der Waals surface area contributed by atoms with Crippen molar-refractivity contribution in [3.05, 3.63) is 41.4 Å². The quantitative estimate of drug-likeness (QED) is 0.830. The van der Waals surface area contributed by atoms with Crippen molar-refractivity contribution >= 4 is 17.3 Å². The maximum atomic E-state index is 5.82. The molecule has 0 heterocycles. The van der Waals surface area contributed by atoms with Crippen LogP contribution in [0.4, 0.5) is 0 Å². The van der Waals surface area contributed by atoms with Crippen molar-refractivity contribution in [1.29, 1.82) is 0 Å². The van der Waals surface area contributed by atoms with Gasteiger partial charge in [0.25, 0.3) is 0 Å². The van der Waals surface area contributed by atoms with Crippen molar-refractivity contribution in [3.8, 4) is 5.75 Å². The summed E-state index contributed by atoms with van der Waals surface area (Å²) in [5, 5.41) is 0.688. The summed E-state index contributed by atoms with van der Waals surface area (Å²) in [5.74, 6) is 0.758. The fourth-order valence-corrected chi connectivity index (χ4v) is 1.59. The molecular weight excluding hydrogens is 248 g/mol. The minimum absolute atomic E-state index is 0.159. The summed E-state index contributed by atoms with van der Waals surface area (Å²) in [7, 11) is 0. The summed E-state index contributed by atoms with van der Waals surface area (Å²) < 4.78 is 5.79. The van der Waals surface area contributed by atoms with E-state index in [2.05, 4.69) is 4.99 Å². The standard InChI is InChI=1S/C14H19ClN2O/c1-4-5-14(17-11(3)16)10(2)18-13-8-6-12(15)7-9-13/h4-11H,16H2,1-3H3/b5-4-,17-14+. The zero-order valence-corrected chi connectivity index (χ0v) is 11.7. The number of rotatable bonds is 5. The van der Waals surface area contributed by atoms with Crippen molar-refractivity contribution in [2.45, 2.75) is 33.0 Å². The molecule has 2 unspecified atom stereocenters. The zero-order valence-electron chi connectivity index (χ0n) is 10.9. The molecule has 3 nitrogen and oxygen atoms in total. The van der Waals surface area contributed by atoms with Crippen LogP contribution in [0.15, 0.2) is 41.4 Å². The molecular formula is C14H19ClN2O. The number of nitrogens with two attached hydrogens (primary N) is 1. The van der Waals surface area contributed by atoms with Crippen LogP contribution < -0.4 is 10.5 Å². The van der Waals surface area contributed by atoms with Gasteiger partial charge in [0.15, 0.2) is 0 Å². The Labute approximate surface area is 113 Å². The molecule has 0 saturated carbocycles. The second kappa shape index (κ2) is 7.19. The molecule has 0 radical (unpaired) electrons. The number of hydrogen-bond acceptors (Lipinski definition) is 3.